The number of para-hydroxylation sites is 2. The van der Waals surface area contributed by atoms with Crippen molar-refractivity contribution in [3.63, 3.8) is 0 Å². The molecule has 0 spiro atoms. The first-order chi connectivity index (χ1) is 17.4. The van der Waals surface area contributed by atoms with Crippen LogP contribution in [0.25, 0.3) is 11.0 Å². The number of carbonyl (C=O) groups excluding carboxylic acids is 1. The number of carbonyl (C=O) groups is 1. The second kappa shape index (κ2) is 10.4. The summed E-state index contributed by atoms with van der Waals surface area (Å²) in [5, 5.41) is 0.799. The summed E-state index contributed by atoms with van der Waals surface area (Å²) in [5.41, 5.74) is 6.30. The summed E-state index contributed by atoms with van der Waals surface area (Å²) >= 11 is 6.28. The maximum absolute atomic E-state index is 13.0. The molecule has 36 heavy (non-hydrogen) atoms. The molecule has 6 heteroatoms. The van der Waals surface area contributed by atoms with E-state index in [1.165, 1.54) is 0 Å². The lowest BCUT2D eigenvalue weighted by Crippen LogP contribution is -2.24. The summed E-state index contributed by atoms with van der Waals surface area (Å²) in [6.07, 6.45) is 2.36. The highest BCUT2D eigenvalue weighted by Gasteiger charge is 2.34. The van der Waals surface area contributed by atoms with Gasteiger partial charge in [0.1, 0.15) is 11.6 Å². The number of imidazole rings is 1. The quantitative estimate of drug-likeness (QED) is 0.244. The number of fused-ring (bicyclic) bond motifs is 1. The van der Waals surface area contributed by atoms with E-state index in [-0.39, 0.29) is 11.8 Å². The number of rotatable bonds is 8. The molecule has 4 aromatic rings. The Hall–Kier alpha value is -3.31. The van der Waals surface area contributed by atoms with Crippen molar-refractivity contribution in [3.8, 4) is 5.75 Å². The van der Waals surface area contributed by atoms with Crippen LogP contribution in [0.2, 0.25) is 5.02 Å². The SMILES string of the molecule is Cc1cccc(N2CC(c3nc4ccccc4n3CCCCOc3cc(C)c(Cl)c(C)c3)CC2=O)c1. The lowest BCUT2D eigenvalue weighted by Gasteiger charge is -2.18. The average molecular weight is 502 g/mol. The first-order valence-electron chi connectivity index (χ1n) is 12.6. The van der Waals surface area contributed by atoms with Gasteiger partial charge in [0.15, 0.2) is 0 Å². The number of anilines is 1. The number of aromatic nitrogens is 2. The fourth-order valence-corrected chi connectivity index (χ4v) is 5.23. The van der Waals surface area contributed by atoms with E-state index in [9.17, 15) is 4.79 Å². The molecular formula is C30H32ClN3O2. The van der Waals surface area contributed by atoms with Gasteiger partial charge in [0.05, 0.1) is 17.6 Å². The van der Waals surface area contributed by atoms with E-state index < -0.39 is 0 Å². The molecule has 5 nitrogen and oxygen atoms in total. The predicted octanol–water partition coefficient (Wildman–Crippen LogP) is 6.99. The molecule has 1 aromatic heterocycles. The number of aryl methyl sites for hydroxylation is 4. The van der Waals surface area contributed by atoms with Crippen molar-refractivity contribution in [1.82, 2.24) is 9.55 Å². The number of unbranched alkanes of at least 4 members (excludes halogenated alkanes) is 1. The summed E-state index contributed by atoms with van der Waals surface area (Å²) in [4.78, 5) is 19.9. The number of hydrogen-bond acceptors (Lipinski definition) is 3. The summed E-state index contributed by atoms with van der Waals surface area (Å²) in [7, 11) is 0. The van der Waals surface area contributed by atoms with Gasteiger partial charge in [0.2, 0.25) is 5.91 Å². The lowest BCUT2D eigenvalue weighted by molar-refractivity contribution is -0.117. The monoisotopic (exact) mass is 501 g/mol. The van der Waals surface area contributed by atoms with Crippen LogP contribution in [0.4, 0.5) is 5.69 Å². The van der Waals surface area contributed by atoms with Gasteiger partial charge in [0, 0.05) is 36.1 Å². The van der Waals surface area contributed by atoms with Gasteiger partial charge < -0.3 is 14.2 Å². The van der Waals surface area contributed by atoms with Gasteiger partial charge >= 0.3 is 0 Å². The molecule has 1 atom stereocenters. The third-order valence-electron chi connectivity index (χ3n) is 6.94. The van der Waals surface area contributed by atoms with Crippen molar-refractivity contribution in [2.75, 3.05) is 18.1 Å². The van der Waals surface area contributed by atoms with Crippen molar-refractivity contribution in [2.45, 2.75) is 52.5 Å². The van der Waals surface area contributed by atoms with Gasteiger partial charge in [-0.2, -0.15) is 0 Å². The van der Waals surface area contributed by atoms with Crippen molar-refractivity contribution >= 4 is 34.2 Å². The molecule has 1 aliphatic heterocycles. The van der Waals surface area contributed by atoms with Gasteiger partial charge in [-0.1, -0.05) is 35.9 Å². The molecule has 1 amide bonds. The van der Waals surface area contributed by atoms with E-state index in [1.54, 1.807) is 0 Å². The number of hydrogen-bond donors (Lipinski definition) is 0. The number of halogens is 1. The first-order valence-corrected chi connectivity index (χ1v) is 13.0. The fourth-order valence-electron chi connectivity index (χ4n) is 5.12. The van der Waals surface area contributed by atoms with Crippen LogP contribution in [0.5, 0.6) is 5.75 Å². The zero-order valence-electron chi connectivity index (χ0n) is 21.1. The van der Waals surface area contributed by atoms with Crippen LogP contribution in [0.1, 0.15) is 47.7 Å². The molecule has 1 saturated heterocycles. The Balaban J connectivity index is 1.28. The maximum Gasteiger partial charge on any atom is 0.227 e. The van der Waals surface area contributed by atoms with E-state index in [4.69, 9.17) is 21.3 Å². The van der Waals surface area contributed by atoms with Crippen molar-refractivity contribution in [3.05, 3.63) is 88.2 Å². The molecule has 0 saturated carbocycles. The third kappa shape index (κ3) is 4.98. The molecule has 1 aliphatic rings. The number of amides is 1. The molecular weight excluding hydrogens is 470 g/mol. The van der Waals surface area contributed by atoms with Crippen LogP contribution < -0.4 is 9.64 Å². The molecule has 0 bridgehead atoms. The standard InChI is InChI=1S/C30H32ClN3O2/c1-20-9-8-10-24(15-20)34-19-23(18-28(34)35)30-32-26-11-4-5-12-27(26)33(30)13-6-7-14-36-25-16-21(2)29(31)22(3)17-25/h4-5,8-12,15-17,23H,6-7,13-14,18-19H2,1-3H3. The molecule has 0 N–H and O–H groups in total. The largest absolute Gasteiger partial charge is 0.494 e. The zero-order chi connectivity index (χ0) is 25.2. The second-order valence-electron chi connectivity index (χ2n) is 9.78. The number of benzene rings is 3. The highest BCUT2D eigenvalue weighted by atomic mass is 35.5. The van der Waals surface area contributed by atoms with Crippen LogP contribution in [0.15, 0.2) is 60.7 Å². The predicted molar refractivity (Wildman–Crippen MR) is 146 cm³/mol. The van der Waals surface area contributed by atoms with Crippen LogP contribution in [0.3, 0.4) is 0 Å². The van der Waals surface area contributed by atoms with Gasteiger partial charge in [-0.3, -0.25) is 4.79 Å². The molecule has 0 radical (unpaired) electrons. The Kier molecular flexibility index (Phi) is 7.01. The Morgan fingerprint density at radius 3 is 2.56 bits per heavy atom. The molecule has 2 heterocycles. The van der Waals surface area contributed by atoms with Gasteiger partial charge in [-0.05, 0) is 86.7 Å². The van der Waals surface area contributed by atoms with E-state index >= 15 is 0 Å². The van der Waals surface area contributed by atoms with E-state index in [2.05, 4.69) is 41.8 Å². The summed E-state index contributed by atoms with van der Waals surface area (Å²) in [5.74, 6) is 2.10. The third-order valence-corrected chi connectivity index (χ3v) is 7.54. The first kappa shape index (κ1) is 24.4. The summed E-state index contributed by atoms with van der Waals surface area (Å²) in [6.45, 7) is 8.20. The van der Waals surface area contributed by atoms with E-state index in [0.717, 1.165) is 69.4 Å². The normalized spacial score (nSPS) is 15.7. The summed E-state index contributed by atoms with van der Waals surface area (Å²) in [6, 6.07) is 20.4. The van der Waals surface area contributed by atoms with Crippen molar-refractivity contribution < 1.29 is 9.53 Å². The fraction of sp³-hybridized carbons (Fsp3) is 0.333. The van der Waals surface area contributed by atoms with Gasteiger partial charge in [-0.25, -0.2) is 4.98 Å². The molecule has 0 aliphatic carbocycles. The minimum absolute atomic E-state index is 0.0710. The van der Waals surface area contributed by atoms with Crippen molar-refractivity contribution in [2.24, 2.45) is 0 Å². The molecule has 186 valence electrons. The van der Waals surface area contributed by atoms with Crippen LogP contribution >= 0.6 is 11.6 Å². The number of ether oxygens (including phenoxy) is 1. The van der Waals surface area contributed by atoms with Crippen LogP contribution in [-0.4, -0.2) is 28.6 Å². The molecule has 1 fully saturated rings. The zero-order valence-corrected chi connectivity index (χ0v) is 21.9. The number of nitrogens with zero attached hydrogens (tertiary/aromatic N) is 3. The lowest BCUT2D eigenvalue weighted by atomic mass is 10.1. The average Bonchev–Trinajstić information content (AvgIpc) is 3.42. The molecule has 5 rings (SSSR count). The van der Waals surface area contributed by atoms with Crippen LogP contribution in [0, 0.1) is 20.8 Å². The molecule has 3 aromatic carbocycles. The smallest absolute Gasteiger partial charge is 0.227 e. The van der Waals surface area contributed by atoms with Gasteiger partial charge in [0.25, 0.3) is 0 Å². The molecule has 1 unspecified atom stereocenters. The second-order valence-corrected chi connectivity index (χ2v) is 10.2. The summed E-state index contributed by atoms with van der Waals surface area (Å²) < 4.78 is 8.32. The Bertz CT molecular complexity index is 1390. The highest BCUT2D eigenvalue weighted by molar-refractivity contribution is 6.32. The Labute approximate surface area is 217 Å². The maximum atomic E-state index is 13.0. The van der Waals surface area contributed by atoms with Crippen LogP contribution in [-0.2, 0) is 11.3 Å². The minimum atomic E-state index is 0.0710. The highest BCUT2D eigenvalue weighted by Crippen LogP contribution is 2.34. The Morgan fingerprint density at radius 2 is 1.78 bits per heavy atom. The topological polar surface area (TPSA) is 47.4 Å². The minimum Gasteiger partial charge on any atom is -0.494 e. The van der Waals surface area contributed by atoms with Crippen molar-refractivity contribution in [1.29, 1.82) is 0 Å². The van der Waals surface area contributed by atoms with E-state index in [1.807, 2.05) is 49.1 Å². The van der Waals surface area contributed by atoms with E-state index in [0.29, 0.717) is 19.6 Å². The Morgan fingerprint density at radius 1 is 1.00 bits per heavy atom. The van der Waals surface area contributed by atoms with Gasteiger partial charge in [-0.15, -0.1) is 0 Å².